The molecular weight excluding hydrogens is 456 g/mol. The van der Waals surface area contributed by atoms with E-state index in [1.165, 1.54) is 0 Å². The van der Waals surface area contributed by atoms with Crippen LogP contribution in [0.1, 0.15) is 34.4 Å². The monoisotopic (exact) mass is 480 g/mol. The van der Waals surface area contributed by atoms with Crippen molar-refractivity contribution in [2.45, 2.75) is 33.9 Å². The molecule has 1 aromatic carbocycles. The molecule has 0 aliphatic carbocycles. The molecule has 4 aromatic rings. The Bertz CT molecular complexity index is 1290. The van der Waals surface area contributed by atoms with Gasteiger partial charge in [0, 0.05) is 43.5 Å². The molecule has 0 atom stereocenters. The smallest absolute Gasteiger partial charge is 0.254 e. The van der Waals surface area contributed by atoms with Crippen LogP contribution in [-0.4, -0.2) is 42.4 Å². The van der Waals surface area contributed by atoms with Crippen LogP contribution in [-0.2, 0) is 20.1 Å². The van der Waals surface area contributed by atoms with E-state index >= 15 is 0 Å². The highest BCUT2D eigenvalue weighted by Gasteiger charge is 2.21. The molecule has 1 amide bonds. The van der Waals surface area contributed by atoms with Crippen molar-refractivity contribution >= 4 is 32.7 Å². The summed E-state index contributed by atoms with van der Waals surface area (Å²) in [4.78, 5) is 20.1. The van der Waals surface area contributed by atoms with Gasteiger partial charge in [0.25, 0.3) is 5.91 Å². The fourth-order valence-electron chi connectivity index (χ4n) is 3.83. The van der Waals surface area contributed by atoms with E-state index < -0.39 is 0 Å². The molecule has 8 heteroatoms. The molecule has 7 nitrogen and oxygen atoms in total. The Morgan fingerprint density at radius 2 is 1.94 bits per heavy atom. The van der Waals surface area contributed by atoms with E-state index in [-0.39, 0.29) is 5.91 Å². The number of aromatic nitrogens is 5. The number of carbonyl (C=O) groups is 1. The zero-order valence-electron chi connectivity index (χ0n) is 18.3. The molecule has 31 heavy (non-hydrogen) atoms. The largest absolute Gasteiger partial charge is 0.336 e. The average Bonchev–Trinajstić information content (AvgIpc) is 3.24. The normalized spacial score (nSPS) is 11.3. The molecule has 0 fully saturated rings. The fraction of sp³-hybridized carbons (Fsp3) is 0.304. The van der Waals surface area contributed by atoms with Crippen LogP contribution >= 0.6 is 15.9 Å². The third-order valence-corrected chi connectivity index (χ3v) is 6.22. The number of amides is 1. The van der Waals surface area contributed by atoms with Gasteiger partial charge in [0.2, 0.25) is 0 Å². The quantitative estimate of drug-likeness (QED) is 0.421. The predicted molar refractivity (Wildman–Crippen MR) is 125 cm³/mol. The van der Waals surface area contributed by atoms with E-state index in [9.17, 15) is 4.79 Å². The first-order valence-electron chi connectivity index (χ1n) is 10.2. The van der Waals surface area contributed by atoms with Crippen molar-refractivity contribution < 1.29 is 4.79 Å². The summed E-state index contributed by atoms with van der Waals surface area (Å²) >= 11 is 3.55. The first-order chi connectivity index (χ1) is 14.8. The van der Waals surface area contributed by atoms with Crippen LogP contribution in [0.3, 0.4) is 0 Å². The summed E-state index contributed by atoms with van der Waals surface area (Å²) in [6, 6.07) is 9.64. The molecule has 0 aliphatic heterocycles. The van der Waals surface area contributed by atoms with E-state index in [1.54, 1.807) is 11.9 Å². The lowest BCUT2D eigenvalue weighted by molar-refractivity contribution is 0.0785. The van der Waals surface area contributed by atoms with E-state index in [0.717, 1.165) is 50.3 Å². The Morgan fingerprint density at radius 1 is 1.19 bits per heavy atom. The van der Waals surface area contributed by atoms with Crippen LogP contribution < -0.4 is 0 Å². The lowest BCUT2D eigenvalue weighted by atomic mass is 10.0. The van der Waals surface area contributed by atoms with E-state index in [4.69, 9.17) is 4.98 Å². The minimum absolute atomic E-state index is 0.0722. The summed E-state index contributed by atoms with van der Waals surface area (Å²) < 4.78 is 4.60. The molecule has 160 valence electrons. The first kappa shape index (κ1) is 21.2. The third-order valence-electron chi connectivity index (χ3n) is 5.56. The number of nitrogens with zero attached hydrogens (tertiary/aromatic N) is 6. The zero-order chi connectivity index (χ0) is 22.3. The van der Waals surface area contributed by atoms with Crippen LogP contribution in [0.2, 0.25) is 0 Å². The molecule has 0 radical (unpaired) electrons. The summed E-state index contributed by atoms with van der Waals surface area (Å²) in [6.07, 6.45) is 1.93. The second kappa shape index (κ2) is 8.26. The lowest BCUT2D eigenvalue weighted by Gasteiger charge is -2.18. The number of hydrogen-bond acceptors (Lipinski definition) is 4. The van der Waals surface area contributed by atoms with E-state index in [1.807, 2.05) is 73.7 Å². The standard InChI is InChI=1S/C23H25BrN6O/c1-6-30-12-18(24)21(27-30)13-28(4)23(31)17-11-20(22-14(2)26-29(5)15(22)3)25-19-10-8-7-9-16(17)19/h7-12H,6,13H2,1-5H3. The number of hydrogen-bond donors (Lipinski definition) is 0. The molecule has 0 aliphatic rings. The Morgan fingerprint density at radius 3 is 2.58 bits per heavy atom. The van der Waals surface area contributed by atoms with Gasteiger partial charge in [-0.1, -0.05) is 18.2 Å². The second-order valence-electron chi connectivity index (χ2n) is 7.68. The highest BCUT2D eigenvalue weighted by molar-refractivity contribution is 9.10. The van der Waals surface area contributed by atoms with Crippen molar-refractivity contribution in [1.29, 1.82) is 0 Å². The highest BCUT2D eigenvalue weighted by atomic mass is 79.9. The molecular formula is C23H25BrN6O. The SMILES string of the molecule is CCn1cc(Br)c(CN(C)C(=O)c2cc(-c3c(C)nn(C)c3C)nc3ccccc23)n1. The van der Waals surface area contributed by atoms with Crippen LogP contribution in [0, 0.1) is 13.8 Å². The van der Waals surface area contributed by atoms with Gasteiger partial charge in [-0.3, -0.25) is 14.2 Å². The summed E-state index contributed by atoms with van der Waals surface area (Å²) in [5.74, 6) is -0.0722. The van der Waals surface area contributed by atoms with Crippen LogP contribution in [0.25, 0.3) is 22.2 Å². The molecule has 3 heterocycles. The molecule has 0 saturated carbocycles. The van der Waals surface area contributed by atoms with Gasteiger partial charge in [0.1, 0.15) is 0 Å². The van der Waals surface area contributed by atoms with Gasteiger partial charge in [-0.2, -0.15) is 10.2 Å². The number of halogens is 1. The van der Waals surface area contributed by atoms with E-state index in [0.29, 0.717) is 12.1 Å². The molecule has 4 rings (SSSR count). The first-order valence-corrected chi connectivity index (χ1v) is 11.0. The summed E-state index contributed by atoms with van der Waals surface area (Å²) in [5, 5.41) is 9.90. The number of fused-ring (bicyclic) bond motifs is 1. The number of para-hydroxylation sites is 1. The van der Waals surface area contributed by atoms with Gasteiger partial charge in [-0.15, -0.1) is 0 Å². The van der Waals surface area contributed by atoms with Gasteiger partial charge < -0.3 is 4.90 Å². The van der Waals surface area contributed by atoms with Gasteiger partial charge in [-0.25, -0.2) is 4.98 Å². The number of carbonyl (C=O) groups excluding carboxylic acids is 1. The second-order valence-corrected chi connectivity index (χ2v) is 8.54. The van der Waals surface area contributed by atoms with Crippen molar-refractivity contribution in [3.8, 4) is 11.3 Å². The van der Waals surface area contributed by atoms with Crippen molar-refractivity contribution in [3.05, 3.63) is 63.6 Å². The predicted octanol–water partition coefficient (Wildman–Crippen LogP) is 4.50. The van der Waals surface area contributed by atoms with E-state index in [2.05, 4.69) is 26.1 Å². The van der Waals surface area contributed by atoms with Crippen LogP contribution in [0.4, 0.5) is 0 Å². The summed E-state index contributed by atoms with van der Waals surface area (Å²) in [6.45, 7) is 7.20. The van der Waals surface area contributed by atoms with Gasteiger partial charge in [-0.05, 0) is 48.8 Å². The molecule has 3 aromatic heterocycles. The van der Waals surface area contributed by atoms with Crippen LogP contribution in [0.5, 0.6) is 0 Å². The van der Waals surface area contributed by atoms with Crippen molar-refractivity contribution in [2.24, 2.45) is 7.05 Å². The van der Waals surface area contributed by atoms with Gasteiger partial charge in [0.15, 0.2) is 0 Å². The molecule has 0 unspecified atom stereocenters. The fourth-order valence-corrected chi connectivity index (χ4v) is 4.27. The minimum Gasteiger partial charge on any atom is -0.336 e. The Balaban J connectivity index is 1.78. The Labute approximate surface area is 189 Å². The molecule has 0 N–H and O–H groups in total. The summed E-state index contributed by atoms with van der Waals surface area (Å²) in [5.41, 5.74) is 5.87. The Kier molecular flexibility index (Phi) is 5.66. The summed E-state index contributed by atoms with van der Waals surface area (Å²) in [7, 11) is 3.72. The molecule has 0 saturated heterocycles. The van der Waals surface area contributed by atoms with Gasteiger partial charge in [0.05, 0.1) is 39.2 Å². The van der Waals surface area contributed by atoms with Crippen molar-refractivity contribution in [1.82, 2.24) is 29.4 Å². The molecule has 0 spiro atoms. The van der Waals surface area contributed by atoms with Crippen molar-refractivity contribution in [2.75, 3.05) is 7.05 Å². The average molecular weight is 481 g/mol. The zero-order valence-corrected chi connectivity index (χ0v) is 19.9. The maximum absolute atomic E-state index is 13.5. The topological polar surface area (TPSA) is 68.8 Å². The maximum atomic E-state index is 13.5. The van der Waals surface area contributed by atoms with Crippen molar-refractivity contribution in [3.63, 3.8) is 0 Å². The number of pyridine rings is 1. The maximum Gasteiger partial charge on any atom is 0.254 e. The van der Waals surface area contributed by atoms with Crippen LogP contribution in [0.15, 0.2) is 41.0 Å². The minimum atomic E-state index is -0.0722. The number of rotatable bonds is 5. The molecule has 0 bridgehead atoms. The number of aryl methyl sites for hydroxylation is 3. The lowest BCUT2D eigenvalue weighted by Crippen LogP contribution is -2.27. The Hall–Kier alpha value is -3.00. The highest BCUT2D eigenvalue weighted by Crippen LogP contribution is 2.30. The third kappa shape index (κ3) is 3.87. The number of benzene rings is 1. The van der Waals surface area contributed by atoms with Gasteiger partial charge >= 0.3 is 0 Å².